The highest BCUT2D eigenvalue weighted by molar-refractivity contribution is 5.55. The van der Waals surface area contributed by atoms with Crippen LogP contribution in [0.4, 0.5) is 17.8 Å². The molecule has 96 valence electrons. The fourth-order valence-corrected chi connectivity index (χ4v) is 2.28. The van der Waals surface area contributed by atoms with Gasteiger partial charge in [-0.25, -0.2) is 0 Å². The SMILES string of the molecule is C[C@H]1CN1c1nc(N2C[C@@H]2C)nc(N2C[C@@H]2C)n1. The Morgan fingerprint density at radius 3 is 1.06 bits per heavy atom. The smallest absolute Gasteiger partial charge is 0.232 e. The van der Waals surface area contributed by atoms with Gasteiger partial charge in [-0.05, 0) is 20.8 Å². The van der Waals surface area contributed by atoms with Gasteiger partial charge in [0.2, 0.25) is 17.8 Å². The second-order valence-electron chi connectivity index (χ2n) is 5.74. The van der Waals surface area contributed by atoms with Gasteiger partial charge < -0.3 is 14.7 Å². The Morgan fingerprint density at radius 1 is 0.667 bits per heavy atom. The molecule has 0 radical (unpaired) electrons. The monoisotopic (exact) mass is 246 g/mol. The van der Waals surface area contributed by atoms with Gasteiger partial charge in [0.1, 0.15) is 0 Å². The summed E-state index contributed by atoms with van der Waals surface area (Å²) in [7, 11) is 0. The van der Waals surface area contributed by atoms with E-state index in [1.807, 2.05) is 0 Å². The average molecular weight is 246 g/mol. The van der Waals surface area contributed by atoms with Gasteiger partial charge in [-0.1, -0.05) is 0 Å². The minimum absolute atomic E-state index is 0.575. The summed E-state index contributed by atoms with van der Waals surface area (Å²) in [5, 5.41) is 0. The lowest BCUT2D eigenvalue weighted by atomic mass is 10.6. The average Bonchev–Trinajstić information content (AvgIpc) is 3.21. The first-order chi connectivity index (χ1) is 8.63. The van der Waals surface area contributed by atoms with Crippen LogP contribution in [0.5, 0.6) is 0 Å². The topological polar surface area (TPSA) is 47.7 Å². The molecule has 18 heavy (non-hydrogen) atoms. The van der Waals surface area contributed by atoms with E-state index in [1.54, 1.807) is 0 Å². The Labute approximate surface area is 107 Å². The molecule has 0 amide bonds. The van der Waals surface area contributed by atoms with Gasteiger partial charge in [-0.3, -0.25) is 0 Å². The van der Waals surface area contributed by atoms with Crippen molar-refractivity contribution >= 4 is 17.8 Å². The van der Waals surface area contributed by atoms with E-state index in [-0.39, 0.29) is 0 Å². The third-order valence-electron chi connectivity index (χ3n) is 3.95. The molecule has 4 rings (SSSR count). The quantitative estimate of drug-likeness (QED) is 0.724. The first-order valence-corrected chi connectivity index (χ1v) is 6.69. The van der Waals surface area contributed by atoms with Crippen LogP contribution < -0.4 is 14.7 Å². The van der Waals surface area contributed by atoms with Gasteiger partial charge in [0.05, 0.1) is 0 Å². The van der Waals surface area contributed by atoms with Crippen molar-refractivity contribution in [3.05, 3.63) is 0 Å². The van der Waals surface area contributed by atoms with Crippen LogP contribution in [0.1, 0.15) is 20.8 Å². The summed E-state index contributed by atoms with van der Waals surface area (Å²) in [6.45, 7) is 9.78. The molecule has 0 unspecified atom stereocenters. The van der Waals surface area contributed by atoms with Gasteiger partial charge in [0.25, 0.3) is 0 Å². The molecule has 4 heterocycles. The molecule has 0 spiro atoms. The van der Waals surface area contributed by atoms with E-state index in [9.17, 15) is 0 Å². The predicted molar refractivity (Wildman–Crippen MR) is 70.3 cm³/mol. The zero-order chi connectivity index (χ0) is 12.4. The Balaban J connectivity index is 1.69. The summed E-state index contributed by atoms with van der Waals surface area (Å²) in [5.74, 6) is 2.54. The van der Waals surface area contributed by atoms with Gasteiger partial charge >= 0.3 is 0 Å². The highest BCUT2D eigenvalue weighted by Gasteiger charge is 2.39. The van der Waals surface area contributed by atoms with Crippen LogP contribution in [0.3, 0.4) is 0 Å². The molecular weight excluding hydrogens is 228 g/mol. The highest BCUT2D eigenvalue weighted by atomic mass is 15.5. The van der Waals surface area contributed by atoms with Crippen LogP contribution in [0.25, 0.3) is 0 Å². The van der Waals surface area contributed by atoms with Gasteiger partial charge in [0, 0.05) is 37.8 Å². The molecule has 3 aliphatic rings. The molecular formula is C12H18N6. The van der Waals surface area contributed by atoms with Gasteiger partial charge in [-0.2, -0.15) is 15.0 Å². The van der Waals surface area contributed by atoms with Gasteiger partial charge in [-0.15, -0.1) is 0 Å². The van der Waals surface area contributed by atoms with Crippen molar-refractivity contribution in [2.45, 2.75) is 38.9 Å². The van der Waals surface area contributed by atoms with E-state index >= 15 is 0 Å². The van der Waals surface area contributed by atoms with Crippen molar-refractivity contribution in [3.8, 4) is 0 Å². The Bertz CT molecular complexity index is 420. The van der Waals surface area contributed by atoms with Crippen molar-refractivity contribution in [3.63, 3.8) is 0 Å². The summed E-state index contributed by atoms with van der Waals surface area (Å²) in [5.41, 5.74) is 0. The molecule has 3 aliphatic heterocycles. The van der Waals surface area contributed by atoms with E-state index in [4.69, 9.17) is 0 Å². The maximum Gasteiger partial charge on any atom is 0.232 e. The number of hydrogen-bond donors (Lipinski definition) is 0. The number of nitrogens with zero attached hydrogens (tertiary/aromatic N) is 6. The lowest BCUT2D eigenvalue weighted by Crippen LogP contribution is -2.12. The van der Waals surface area contributed by atoms with Crippen molar-refractivity contribution in [2.24, 2.45) is 0 Å². The number of aromatic nitrogens is 3. The lowest BCUT2D eigenvalue weighted by Gasteiger charge is -2.10. The summed E-state index contributed by atoms with van der Waals surface area (Å²) < 4.78 is 0. The third kappa shape index (κ3) is 1.59. The van der Waals surface area contributed by atoms with Crippen LogP contribution in [0.2, 0.25) is 0 Å². The Morgan fingerprint density at radius 2 is 0.889 bits per heavy atom. The molecule has 3 atom stereocenters. The molecule has 0 aliphatic carbocycles. The minimum Gasteiger partial charge on any atom is -0.334 e. The molecule has 6 nitrogen and oxygen atoms in total. The summed E-state index contributed by atoms with van der Waals surface area (Å²) >= 11 is 0. The van der Waals surface area contributed by atoms with Gasteiger partial charge in [0.15, 0.2) is 0 Å². The highest BCUT2D eigenvalue weighted by Crippen LogP contribution is 2.33. The molecule has 0 saturated carbocycles. The fourth-order valence-electron chi connectivity index (χ4n) is 2.28. The van der Waals surface area contributed by atoms with Crippen molar-refractivity contribution in [2.75, 3.05) is 34.3 Å². The van der Waals surface area contributed by atoms with Crippen molar-refractivity contribution in [1.82, 2.24) is 15.0 Å². The molecule has 0 bridgehead atoms. The summed E-state index contributed by atoms with van der Waals surface area (Å²) in [6.07, 6.45) is 0. The van der Waals surface area contributed by atoms with E-state index in [1.165, 1.54) is 0 Å². The standard InChI is InChI=1S/C12H18N6/c1-7-4-16(7)10-13-11(17-5-8(17)2)15-12(14-10)18-6-9(18)3/h7-9H,4-6H2,1-3H3/t7-,8-,9-,16?,17?,18?/m0/s1. The van der Waals surface area contributed by atoms with Crippen LogP contribution in [0.15, 0.2) is 0 Å². The van der Waals surface area contributed by atoms with Crippen LogP contribution in [-0.2, 0) is 0 Å². The van der Waals surface area contributed by atoms with Crippen molar-refractivity contribution in [1.29, 1.82) is 0 Å². The van der Waals surface area contributed by atoms with E-state index < -0.39 is 0 Å². The molecule has 3 saturated heterocycles. The normalized spacial score (nSPS) is 32.8. The molecule has 0 N–H and O–H groups in total. The van der Waals surface area contributed by atoms with Crippen LogP contribution in [0, 0.1) is 0 Å². The van der Waals surface area contributed by atoms with Crippen LogP contribution in [-0.4, -0.2) is 52.7 Å². The fraction of sp³-hybridized carbons (Fsp3) is 0.750. The molecule has 6 heteroatoms. The minimum atomic E-state index is 0.575. The van der Waals surface area contributed by atoms with Crippen LogP contribution >= 0.6 is 0 Å². The van der Waals surface area contributed by atoms with E-state index in [0.29, 0.717) is 18.1 Å². The second kappa shape index (κ2) is 3.24. The maximum atomic E-state index is 4.60. The third-order valence-corrected chi connectivity index (χ3v) is 3.95. The second-order valence-corrected chi connectivity index (χ2v) is 5.74. The molecule has 3 fully saturated rings. The molecule has 0 aromatic carbocycles. The Kier molecular flexibility index (Phi) is 1.86. The number of rotatable bonds is 3. The largest absolute Gasteiger partial charge is 0.334 e. The van der Waals surface area contributed by atoms with Crippen molar-refractivity contribution < 1.29 is 0 Å². The number of hydrogen-bond acceptors (Lipinski definition) is 6. The lowest BCUT2D eigenvalue weighted by molar-refractivity contribution is 0.943. The molecule has 1 aromatic heterocycles. The number of anilines is 3. The Hall–Kier alpha value is -1.59. The molecule has 1 aromatic rings. The summed E-state index contributed by atoms with van der Waals surface area (Å²) in [6, 6.07) is 1.73. The first-order valence-electron chi connectivity index (χ1n) is 6.69. The zero-order valence-corrected chi connectivity index (χ0v) is 11.0. The maximum absolute atomic E-state index is 4.60. The predicted octanol–water partition coefficient (Wildman–Crippen LogP) is 0.497. The first kappa shape index (κ1) is 10.3. The summed E-state index contributed by atoms with van der Waals surface area (Å²) in [4.78, 5) is 20.4. The van der Waals surface area contributed by atoms with E-state index in [2.05, 4.69) is 50.4 Å². The van der Waals surface area contributed by atoms with E-state index in [0.717, 1.165) is 37.5 Å². The zero-order valence-electron chi connectivity index (χ0n) is 11.0.